The average Bonchev–Trinajstić information content (AvgIpc) is 2.36. The van der Waals surface area contributed by atoms with Crippen LogP contribution in [-0.2, 0) is 6.42 Å². The summed E-state index contributed by atoms with van der Waals surface area (Å²) < 4.78 is 0. The van der Waals surface area contributed by atoms with Gasteiger partial charge in [0.25, 0.3) is 0 Å². The molecule has 5 heteroatoms. The smallest absolute Gasteiger partial charge is 0.201 e. The molecule has 0 unspecified atom stereocenters. The van der Waals surface area contributed by atoms with Crippen LogP contribution < -0.4 is 0 Å². The van der Waals surface area contributed by atoms with Crippen molar-refractivity contribution >= 4 is 17.4 Å². The van der Waals surface area contributed by atoms with Gasteiger partial charge in [-0.3, -0.25) is 4.79 Å². The Morgan fingerprint density at radius 3 is 2.47 bits per heavy atom. The maximum Gasteiger partial charge on any atom is 0.201 e. The van der Waals surface area contributed by atoms with E-state index in [2.05, 4.69) is 0 Å². The first kappa shape index (κ1) is 13.2. The van der Waals surface area contributed by atoms with Crippen LogP contribution in [0.1, 0.15) is 15.9 Å². The van der Waals surface area contributed by atoms with Gasteiger partial charge in [0.05, 0.1) is 5.56 Å². The number of Topliss-reactive ketones (excluding diaryl/α,β-unsaturated/α-hetero) is 1. The van der Waals surface area contributed by atoms with Crippen LogP contribution >= 0.6 is 11.6 Å². The van der Waals surface area contributed by atoms with E-state index in [0.29, 0.717) is 10.6 Å². The molecule has 19 heavy (non-hydrogen) atoms. The number of carbonyl (C=O) groups is 1. The standard InChI is InChI=1S/C14H11ClO4/c15-9-3-1-2-8(6-9)7-12(17)10-4-5-11(16)14(19)13(10)18/h1-6,16,18-19H,7H2. The molecule has 0 aromatic heterocycles. The summed E-state index contributed by atoms with van der Waals surface area (Å²) in [6, 6.07) is 9.22. The fraction of sp³-hybridized carbons (Fsp3) is 0.0714. The number of aromatic hydroxyl groups is 3. The van der Waals surface area contributed by atoms with E-state index in [9.17, 15) is 20.1 Å². The number of ketones is 1. The second-order valence-electron chi connectivity index (χ2n) is 4.06. The molecule has 2 aromatic carbocycles. The van der Waals surface area contributed by atoms with Gasteiger partial charge in [0.15, 0.2) is 17.3 Å². The molecule has 0 saturated carbocycles. The van der Waals surface area contributed by atoms with Crippen molar-refractivity contribution in [3.8, 4) is 17.2 Å². The van der Waals surface area contributed by atoms with E-state index >= 15 is 0 Å². The molecule has 0 heterocycles. The minimum absolute atomic E-state index is 0.0400. The zero-order chi connectivity index (χ0) is 14.0. The normalized spacial score (nSPS) is 10.4. The molecular formula is C14H11ClO4. The van der Waals surface area contributed by atoms with Gasteiger partial charge in [-0.05, 0) is 29.8 Å². The van der Waals surface area contributed by atoms with Gasteiger partial charge in [-0.15, -0.1) is 0 Å². The average molecular weight is 279 g/mol. The quantitative estimate of drug-likeness (QED) is 0.596. The highest BCUT2D eigenvalue weighted by atomic mass is 35.5. The van der Waals surface area contributed by atoms with Gasteiger partial charge >= 0.3 is 0 Å². The molecule has 2 rings (SSSR count). The number of phenolic OH excluding ortho intramolecular Hbond substituents is 3. The number of hydrogen-bond donors (Lipinski definition) is 3. The van der Waals surface area contributed by atoms with E-state index in [1.807, 2.05) is 0 Å². The van der Waals surface area contributed by atoms with Gasteiger partial charge in [-0.25, -0.2) is 0 Å². The van der Waals surface area contributed by atoms with Crippen LogP contribution in [0.3, 0.4) is 0 Å². The fourth-order valence-corrected chi connectivity index (χ4v) is 1.93. The van der Waals surface area contributed by atoms with Crippen molar-refractivity contribution in [2.45, 2.75) is 6.42 Å². The van der Waals surface area contributed by atoms with Gasteiger partial charge < -0.3 is 15.3 Å². The number of halogens is 1. The Morgan fingerprint density at radius 2 is 1.79 bits per heavy atom. The van der Waals surface area contributed by atoms with E-state index < -0.39 is 17.2 Å². The third kappa shape index (κ3) is 2.80. The Balaban J connectivity index is 2.28. The summed E-state index contributed by atoms with van der Waals surface area (Å²) in [4.78, 5) is 12.0. The van der Waals surface area contributed by atoms with Gasteiger partial charge in [-0.1, -0.05) is 23.7 Å². The zero-order valence-corrected chi connectivity index (χ0v) is 10.6. The molecule has 0 aliphatic carbocycles. The Labute approximate surface area is 114 Å². The van der Waals surface area contributed by atoms with Crippen LogP contribution in [0.4, 0.5) is 0 Å². The second kappa shape index (κ2) is 5.20. The molecule has 0 radical (unpaired) electrons. The number of hydrogen-bond acceptors (Lipinski definition) is 4. The van der Waals surface area contributed by atoms with Crippen LogP contribution in [0.15, 0.2) is 36.4 Å². The number of carbonyl (C=O) groups excluding carboxylic acids is 1. The minimum Gasteiger partial charge on any atom is -0.504 e. The van der Waals surface area contributed by atoms with Crippen molar-refractivity contribution in [1.82, 2.24) is 0 Å². The van der Waals surface area contributed by atoms with Gasteiger partial charge in [0.1, 0.15) is 0 Å². The lowest BCUT2D eigenvalue weighted by Crippen LogP contribution is -2.04. The molecule has 0 aliphatic rings. The van der Waals surface area contributed by atoms with Crippen LogP contribution in [-0.4, -0.2) is 21.1 Å². The molecule has 0 atom stereocenters. The highest BCUT2D eigenvalue weighted by Gasteiger charge is 2.17. The number of rotatable bonds is 3. The van der Waals surface area contributed by atoms with Crippen molar-refractivity contribution in [3.05, 3.63) is 52.5 Å². The van der Waals surface area contributed by atoms with E-state index in [1.54, 1.807) is 24.3 Å². The highest BCUT2D eigenvalue weighted by Crippen LogP contribution is 2.37. The van der Waals surface area contributed by atoms with Gasteiger partial charge in [0.2, 0.25) is 5.75 Å². The van der Waals surface area contributed by atoms with Crippen molar-refractivity contribution in [1.29, 1.82) is 0 Å². The molecule has 4 nitrogen and oxygen atoms in total. The van der Waals surface area contributed by atoms with Crippen LogP contribution in [0.2, 0.25) is 5.02 Å². The molecule has 98 valence electrons. The van der Waals surface area contributed by atoms with Crippen molar-refractivity contribution < 1.29 is 20.1 Å². The molecule has 0 bridgehead atoms. The molecule has 3 N–H and O–H groups in total. The summed E-state index contributed by atoms with van der Waals surface area (Å²) >= 11 is 5.82. The Hall–Kier alpha value is -2.20. The van der Waals surface area contributed by atoms with Gasteiger partial charge in [-0.2, -0.15) is 0 Å². The van der Waals surface area contributed by atoms with Crippen LogP contribution in [0.5, 0.6) is 17.2 Å². The summed E-state index contributed by atoms with van der Waals surface area (Å²) in [6.07, 6.45) is 0.0400. The lowest BCUT2D eigenvalue weighted by Gasteiger charge is -2.07. The first-order valence-corrected chi connectivity index (χ1v) is 5.88. The van der Waals surface area contributed by atoms with Crippen molar-refractivity contribution in [2.24, 2.45) is 0 Å². The van der Waals surface area contributed by atoms with E-state index in [-0.39, 0.29) is 17.8 Å². The summed E-state index contributed by atoms with van der Waals surface area (Å²) in [5, 5.41) is 28.7. The predicted octanol–water partition coefficient (Wildman–Crippen LogP) is 2.88. The third-order valence-corrected chi connectivity index (χ3v) is 2.92. The SMILES string of the molecule is O=C(Cc1cccc(Cl)c1)c1ccc(O)c(O)c1O. The molecule has 0 aliphatic heterocycles. The number of benzene rings is 2. The first-order chi connectivity index (χ1) is 8.99. The first-order valence-electron chi connectivity index (χ1n) is 5.50. The maximum atomic E-state index is 12.0. The van der Waals surface area contributed by atoms with E-state index in [0.717, 1.165) is 6.07 Å². The zero-order valence-electron chi connectivity index (χ0n) is 9.80. The fourth-order valence-electron chi connectivity index (χ4n) is 1.72. The molecule has 0 saturated heterocycles. The number of phenols is 3. The molecule has 0 amide bonds. The lowest BCUT2D eigenvalue weighted by atomic mass is 10.0. The molecule has 2 aromatic rings. The maximum absolute atomic E-state index is 12.0. The molecule has 0 fully saturated rings. The summed E-state index contributed by atoms with van der Waals surface area (Å²) in [5.41, 5.74) is 0.653. The predicted molar refractivity (Wildman–Crippen MR) is 70.9 cm³/mol. The highest BCUT2D eigenvalue weighted by molar-refractivity contribution is 6.30. The van der Waals surface area contributed by atoms with Crippen LogP contribution in [0.25, 0.3) is 0 Å². The summed E-state index contributed by atoms with van der Waals surface area (Å²) in [5.74, 6) is -2.17. The second-order valence-corrected chi connectivity index (χ2v) is 4.50. The molecular weight excluding hydrogens is 268 g/mol. The molecule has 0 spiro atoms. The monoisotopic (exact) mass is 278 g/mol. The Kier molecular flexibility index (Phi) is 3.62. The van der Waals surface area contributed by atoms with E-state index in [4.69, 9.17) is 11.6 Å². The Morgan fingerprint density at radius 1 is 1.05 bits per heavy atom. The summed E-state index contributed by atoms with van der Waals surface area (Å²) in [7, 11) is 0. The topological polar surface area (TPSA) is 77.8 Å². The Bertz CT molecular complexity index is 637. The van der Waals surface area contributed by atoms with Crippen LogP contribution in [0, 0.1) is 0 Å². The van der Waals surface area contributed by atoms with E-state index in [1.165, 1.54) is 6.07 Å². The van der Waals surface area contributed by atoms with Gasteiger partial charge in [0, 0.05) is 11.4 Å². The minimum atomic E-state index is -0.697. The lowest BCUT2D eigenvalue weighted by molar-refractivity contribution is 0.0989. The van der Waals surface area contributed by atoms with Crippen molar-refractivity contribution in [3.63, 3.8) is 0 Å². The largest absolute Gasteiger partial charge is 0.504 e. The summed E-state index contributed by atoms with van der Waals surface area (Å²) in [6.45, 7) is 0. The van der Waals surface area contributed by atoms with Crippen molar-refractivity contribution in [2.75, 3.05) is 0 Å². The third-order valence-electron chi connectivity index (χ3n) is 2.68.